The summed E-state index contributed by atoms with van der Waals surface area (Å²) < 4.78 is 4.37. The van der Waals surface area contributed by atoms with Crippen molar-refractivity contribution in [3.05, 3.63) is 12.2 Å². The molecule has 0 rings (SSSR count). The van der Waals surface area contributed by atoms with Gasteiger partial charge in [0.1, 0.15) is 12.6 Å². The fourth-order valence-electron chi connectivity index (χ4n) is 0.813. The predicted molar refractivity (Wildman–Crippen MR) is 50.9 cm³/mol. The highest BCUT2D eigenvalue weighted by Crippen LogP contribution is 1.94. The van der Waals surface area contributed by atoms with Gasteiger partial charge >= 0.3 is 5.97 Å². The Labute approximate surface area is 82.7 Å². The summed E-state index contributed by atoms with van der Waals surface area (Å²) in [6.45, 7) is 6.13. The molecule has 0 bridgehead atoms. The van der Waals surface area contributed by atoms with Crippen LogP contribution in [0.3, 0.4) is 0 Å². The summed E-state index contributed by atoms with van der Waals surface area (Å²) in [5.41, 5.74) is 0.970. The Morgan fingerprint density at radius 2 is 2.36 bits per heavy atom. The van der Waals surface area contributed by atoms with Gasteiger partial charge in [0.15, 0.2) is 0 Å². The minimum atomic E-state index is -1.03. The lowest BCUT2D eigenvalue weighted by Crippen LogP contribution is -2.41. The summed E-state index contributed by atoms with van der Waals surface area (Å²) in [5, 5.41) is 11.4. The van der Waals surface area contributed by atoms with Crippen LogP contribution in [-0.2, 0) is 14.3 Å². The summed E-state index contributed by atoms with van der Waals surface area (Å²) in [5.74, 6) is -1.03. The number of aliphatic carboxylic acids is 1. The molecule has 80 valence electrons. The first kappa shape index (κ1) is 12.6. The van der Waals surface area contributed by atoms with Crippen LogP contribution in [0.4, 0.5) is 0 Å². The van der Waals surface area contributed by atoms with Gasteiger partial charge in [-0.3, -0.25) is 9.59 Å². The van der Waals surface area contributed by atoms with E-state index in [1.165, 1.54) is 0 Å². The van der Waals surface area contributed by atoms with E-state index in [1.54, 1.807) is 0 Å². The van der Waals surface area contributed by atoms with E-state index < -0.39 is 12.0 Å². The molecule has 5 heteroatoms. The van der Waals surface area contributed by atoms with Gasteiger partial charge in [0.2, 0.25) is 0 Å². The third kappa shape index (κ3) is 6.19. The summed E-state index contributed by atoms with van der Waals surface area (Å²) >= 11 is 0. The van der Waals surface area contributed by atoms with E-state index >= 15 is 0 Å². The van der Waals surface area contributed by atoms with Crippen LogP contribution in [0.2, 0.25) is 0 Å². The number of nitrogens with one attached hydrogen (secondary N) is 1. The number of rotatable bonds is 8. The lowest BCUT2D eigenvalue weighted by atomic mass is 10.2. The standard InChI is InChI=1S/C9H15NO4/c1-7(2)3-4-10-8(9(12)13)5-14-6-11/h6,8,10H,1,3-5H2,2H3,(H,12,13). The Morgan fingerprint density at radius 3 is 2.79 bits per heavy atom. The summed E-state index contributed by atoms with van der Waals surface area (Å²) in [6, 6.07) is -0.848. The Balaban J connectivity index is 3.78. The fraction of sp³-hybridized carbons (Fsp3) is 0.556. The number of carbonyl (C=O) groups excluding carboxylic acids is 1. The highest BCUT2D eigenvalue weighted by molar-refractivity contribution is 5.73. The predicted octanol–water partition coefficient (Wildman–Crippen LogP) is 0.168. The van der Waals surface area contributed by atoms with Crippen molar-refractivity contribution in [1.82, 2.24) is 5.32 Å². The van der Waals surface area contributed by atoms with Crippen molar-refractivity contribution in [3.63, 3.8) is 0 Å². The Morgan fingerprint density at radius 1 is 1.71 bits per heavy atom. The topological polar surface area (TPSA) is 75.6 Å². The maximum atomic E-state index is 10.6. The molecule has 0 amide bonds. The van der Waals surface area contributed by atoms with Crippen LogP contribution in [0.15, 0.2) is 12.2 Å². The van der Waals surface area contributed by atoms with Crippen molar-refractivity contribution in [3.8, 4) is 0 Å². The maximum Gasteiger partial charge on any atom is 0.324 e. The first-order valence-corrected chi connectivity index (χ1v) is 4.23. The molecule has 0 spiro atoms. The van der Waals surface area contributed by atoms with E-state index in [2.05, 4.69) is 16.6 Å². The molecule has 0 saturated heterocycles. The van der Waals surface area contributed by atoms with Crippen molar-refractivity contribution in [2.45, 2.75) is 19.4 Å². The molecule has 0 aliphatic carbocycles. The second-order valence-corrected chi connectivity index (χ2v) is 2.98. The molecule has 5 nitrogen and oxygen atoms in total. The van der Waals surface area contributed by atoms with Gasteiger partial charge < -0.3 is 15.2 Å². The molecular weight excluding hydrogens is 186 g/mol. The smallest absolute Gasteiger partial charge is 0.324 e. The van der Waals surface area contributed by atoms with E-state index in [0.717, 1.165) is 5.57 Å². The quantitative estimate of drug-likeness (QED) is 0.432. The van der Waals surface area contributed by atoms with E-state index in [-0.39, 0.29) is 13.1 Å². The van der Waals surface area contributed by atoms with Gasteiger partial charge in [0.05, 0.1) is 0 Å². The molecule has 0 aliphatic rings. The average Bonchev–Trinajstić information content (AvgIpc) is 2.09. The molecule has 0 aliphatic heterocycles. The fourth-order valence-corrected chi connectivity index (χ4v) is 0.813. The van der Waals surface area contributed by atoms with Gasteiger partial charge in [-0.25, -0.2) is 0 Å². The maximum absolute atomic E-state index is 10.6. The Bertz CT molecular complexity index is 215. The van der Waals surface area contributed by atoms with Gasteiger partial charge in [-0.05, 0) is 19.9 Å². The number of ether oxygens (including phenoxy) is 1. The molecule has 1 atom stereocenters. The highest BCUT2D eigenvalue weighted by Gasteiger charge is 2.16. The second kappa shape index (κ2) is 7.08. The molecule has 0 radical (unpaired) electrons. The first-order valence-electron chi connectivity index (χ1n) is 4.23. The lowest BCUT2D eigenvalue weighted by molar-refractivity contribution is -0.142. The van der Waals surface area contributed by atoms with Crippen LogP contribution in [-0.4, -0.2) is 36.7 Å². The molecule has 0 aromatic carbocycles. The Hall–Kier alpha value is -1.36. The lowest BCUT2D eigenvalue weighted by Gasteiger charge is -2.12. The van der Waals surface area contributed by atoms with Gasteiger partial charge in [-0.1, -0.05) is 5.57 Å². The molecule has 0 aromatic heterocycles. The number of hydrogen-bond acceptors (Lipinski definition) is 4. The SMILES string of the molecule is C=C(C)CCNC(COC=O)C(=O)O. The summed E-state index contributed by atoms with van der Waals surface area (Å²) in [4.78, 5) is 20.5. The largest absolute Gasteiger partial charge is 0.480 e. The second-order valence-electron chi connectivity index (χ2n) is 2.98. The molecule has 1 unspecified atom stereocenters. The van der Waals surface area contributed by atoms with Crippen LogP contribution in [0.1, 0.15) is 13.3 Å². The summed E-state index contributed by atoms with van der Waals surface area (Å²) in [7, 11) is 0. The molecule has 0 fully saturated rings. The first-order chi connectivity index (χ1) is 6.57. The molecule has 0 aromatic rings. The van der Waals surface area contributed by atoms with Crippen LogP contribution in [0, 0.1) is 0 Å². The monoisotopic (exact) mass is 201 g/mol. The van der Waals surface area contributed by atoms with E-state index in [0.29, 0.717) is 13.0 Å². The van der Waals surface area contributed by atoms with Crippen LogP contribution < -0.4 is 5.32 Å². The number of hydrogen-bond donors (Lipinski definition) is 2. The van der Waals surface area contributed by atoms with Crippen molar-refractivity contribution >= 4 is 12.4 Å². The number of carbonyl (C=O) groups is 2. The molecule has 0 heterocycles. The van der Waals surface area contributed by atoms with Crippen molar-refractivity contribution in [2.75, 3.05) is 13.2 Å². The van der Waals surface area contributed by atoms with Crippen LogP contribution in [0.25, 0.3) is 0 Å². The highest BCUT2D eigenvalue weighted by atomic mass is 16.5. The Kier molecular flexibility index (Phi) is 6.39. The zero-order valence-electron chi connectivity index (χ0n) is 8.16. The molecule has 14 heavy (non-hydrogen) atoms. The van der Waals surface area contributed by atoms with E-state index in [4.69, 9.17) is 5.11 Å². The zero-order chi connectivity index (χ0) is 11.0. The van der Waals surface area contributed by atoms with Gasteiger partial charge in [-0.15, -0.1) is 6.58 Å². The number of carboxylic acid groups (broad SMARTS) is 1. The van der Waals surface area contributed by atoms with E-state index in [1.807, 2.05) is 6.92 Å². The zero-order valence-corrected chi connectivity index (χ0v) is 8.16. The average molecular weight is 201 g/mol. The number of carboxylic acids is 1. The minimum absolute atomic E-state index is 0.158. The third-order valence-corrected chi connectivity index (χ3v) is 1.57. The van der Waals surface area contributed by atoms with Gasteiger partial charge in [0.25, 0.3) is 6.47 Å². The van der Waals surface area contributed by atoms with Crippen molar-refractivity contribution in [2.24, 2.45) is 0 Å². The van der Waals surface area contributed by atoms with E-state index in [9.17, 15) is 9.59 Å². The molecule has 2 N–H and O–H groups in total. The summed E-state index contributed by atoms with van der Waals surface area (Å²) in [6.07, 6.45) is 0.699. The van der Waals surface area contributed by atoms with Crippen molar-refractivity contribution in [1.29, 1.82) is 0 Å². The van der Waals surface area contributed by atoms with Crippen LogP contribution in [0.5, 0.6) is 0 Å². The third-order valence-electron chi connectivity index (χ3n) is 1.57. The minimum Gasteiger partial charge on any atom is -0.480 e. The normalized spacial score (nSPS) is 11.8. The van der Waals surface area contributed by atoms with Crippen LogP contribution >= 0.6 is 0 Å². The van der Waals surface area contributed by atoms with Gasteiger partial charge in [0, 0.05) is 0 Å². The van der Waals surface area contributed by atoms with Gasteiger partial charge in [-0.2, -0.15) is 0 Å². The molecule has 0 saturated carbocycles. The molecular formula is C9H15NO4. The van der Waals surface area contributed by atoms with Crippen molar-refractivity contribution < 1.29 is 19.4 Å².